The summed E-state index contributed by atoms with van der Waals surface area (Å²) in [6.45, 7) is 1.89. The lowest BCUT2D eigenvalue weighted by atomic mass is 10.2. The summed E-state index contributed by atoms with van der Waals surface area (Å²) in [6.07, 6.45) is 1.43. The van der Waals surface area contributed by atoms with E-state index in [2.05, 4.69) is 9.93 Å². The lowest BCUT2D eigenvalue weighted by Gasteiger charge is -2.03. The van der Waals surface area contributed by atoms with Crippen LogP contribution in [0.15, 0.2) is 58.5 Å². The van der Waals surface area contributed by atoms with Gasteiger partial charge in [0.05, 0.1) is 11.1 Å². The molecule has 3 aromatic rings. The summed E-state index contributed by atoms with van der Waals surface area (Å²) >= 11 is 6.32. The topological polar surface area (TPSA) is 63.5 Å². The predicted molar refractivity (Wildman–Crippen MR) is 97.0 cm³/mol. The number of nitrogens with zero attached hydrogens (tertiary/aromatic N) is 2. The zero-order chi connectivity index (χ0) is 17.3. The minimum atomic E-state index is -3.70. The molecule has 0 aliphatic rings. The third kappa shape index (κ3) is 3.02. The van der Waals surface area contributed by atoms with E-state index in [1.807, 2.05) is 42.8 Å². The number of hydrogen-bond donors (Lipinski definition) is 1. The Hall–Kier alpha value is -2.31. The summed E-state index contributed by atoms with van der Waals surface area (Å²) in [5.74, 6) is 0. The highest BCUT2D eigenvalue weighted by Gasteiger charge is 2.14. The first-order valence-electron chi connectivity index (χ1n) is 7.24. The van der Waals surface area contributed by atoms with Crippen molar-refractivity contribution in [3.8, 4) is 0 Å². The van der Waals surface area contributed by atoms with Gasteiger partial charge >= 0.3 is 0 Å². The number of hydrazone groups is 1. The highest BCUT2D eigenvalue weighted by atomic mass is 35.5. The van der Waals surface area contributed by atoms with Crippen molar-refractivity contribution in [3.05, 3.63) is 64.8 Å². The zero-order valence-corrected chi connectivity index (χ0v) is 14.8. The van der Waals surface area contributed by atoms with E-state index < -0.39 is 10.0 Å². The lowest BCUT2D eigenvalue weighted by Crippen LogP contribution is -2.18. The van der Waals surface area contributed by atoms with E-state index in [0.29, 0.717) is 10.7 Å². The van der Waals surface area contributed by atoms with Gasteiger partial charge in [0.15, 0.2) is 0 Å². The Morgan fingerprint density at radius 3 is 2.50 bits per heavy atom. The van der Waals surface area contributed by atoms with Crippen LogP contribution in [-0.4, -0.2) is 19.2 Å². The fourth-order valence-electron chi connectivity index (χ4n) is 2.44. The first kappa shape index (κ1) is 16.5. The van der Waals surface area contributed by atoms with Gasteiger partial charge in [-0.15, -0.1) is 0 Å². The molecule has 24 heavy (non-hydrogen) atoms. The number of benzene rings is 2. The molecular formula is C17H16ClN3O2S. The number of para-hydroxylation sites is 1. The first-order valence-corrected chi connectivity index (χ1v) is 9.11. The smallest absolute Gasteiger partial charge is 0.276 e. The van der Waals surface area contributed by atoms with Crippen LogP contribution in [0.5, 0.6) is 0 Å². The fraction of sp³-hybridized carbons (Fsp3) is 0.118. The van der Waals surface area contributed by atoms with Crippen LogP contribution in [0.2, 0.25) is 5.15 Å². The monoisotopic (exact) mass is 361 g/mol. The van der Waals surface area contributed by atoms with Gasteiger partial charge in [0.1, 0.15) is 5.15 Å². The molecule has 124 valence electrons. The molecule has 0 aliphatic heterocycles. The molecular weight excluding hydrogens is 346 g/mol. The fourth-order valence-corrected chi connectivity index (χ4v) is 3.48. The Labute approximate surface area is 145 Å². The Morgan fingerprint density at radius 1 is 1.12 bits per heavy atom. The molecule has 3 rings (SSSR count). The van der Waals surface area contributed by atoms with E-state index in [1.54, 1.807) is 12.1 Å². The second-order valence-corrected chi connectivity index (χ2v) is 7.47. The summed E-state index contributed by atoms with van der Waals surface area (Å²) in [5.41, 5.74) is 2.60. The van der Waals surface area contributed by atoms with E-state index in [-0.39, 0.29) is 4.90 Å². The Bertz CT molecular complexity index is 1020. The molecule has 0 atom stereocenters. The second-order valence-electron chi connectivity index (χ2n) is 5.45. The number of fused-ring (bicyclic) bond motifs is 1. The van der Waals surface area contributed by atoms with Crippen molar-refractivity contribution in [1.82, 2.24) is 9.40 Å². The first-order chi connectivity index (χ1) is 11.4. The average molecular weight is 362 g/mol. The molecule has 0 saturated carbocycles. The molecule has 0 aliphatic carbocycles. The van der Waals surface area contributed by atoms with Gasteiger partial charge in [-0.2, -0.15) is 13.5 Å². The summed E-state index contributed by atoms with van der Waals surface area (Å²) in [4.78, 5) is 2.38. The number of nitrogens with one attached hydrogen (secondary N) is 1. The number of rotatable bonds is 4. The molecule has 0 saturated heterocycles. The molecule has 0 fully saturated rings. The van der Waals surface area contributed by atoms with Crippen molar-refractivity contribution in [2.75, 3.05) is 0 Å². The van der Waals surface area contributed by atoms with Crippen molar-refractivity contribution in [2.45, 2.75) is 11.8 Å². The minimum absolute atomic E-state index is 0.161. The average Bonchev–Trinajstić information content (AvgIpc) is 2.80. The van der Waals surface area contributed by atoms with Crippen molar-refractivity contribution in [2.24, 2.45) is 12.1 Å². The van der Waals surface area contributed by atoms with Crippen molar-refractivity contribution in [1.29, 1.82) is 0 Å². The van der Waals surface area contributed by atoms with E-state index in [4.69, 9.17) is 11.6 Å². The maximum absolute atomic E-state index is 12.2. The Morgan fingerprint density at radius 2 is 1.79 bits per heavy atom. The number of halogens is 1. The second kappa shape index (κ2) is 6.30. The van der Waals surface area contributed by atoms with Gasteiger partial charge in [-0.1, -0.05) is 47.5 Å². The third-order valence-electron chi connectivity index (χ3n) is 3.77. The molecule has 1 aromatic heterocycles. The number of sulfonamides is 1. The molecule has 0 amide bonds. The Kier molecular flexibility index (Phi) is 4.34. The van der Waals surface area contributed by atoms with E-state index in [9.17, 15) is 8.42 Å². The number of aryl methyl sites for hydroxylation is 2. The van der Waals surface area contributed by atoms with E-state index in [0.717, 1.165) is 16.5 Å². The normalized spacial score (nSPS) is 12.1. The highest BCUT2D eigenvalue weighted by molar-refractivity contribution is 7.89. The molecule has 1 heterocycles. The highest BCUT2D eigenvalue weighted by Crippen LogP contribution is 2.27. The minimum Gasteiger partial charge on any atom is -0.334 e. The van der Waals surface area contributed by atoms with Crippen LogP contribution in [-0.2, 0) is 17.1 Å². The molecule has 7 heteroatoms. The van der Waals surface area contributed by atoms with Crippen molar-refractivity contribution < 1.29 is 8.42 Å². The molecule has 0 unspecified atom stereocenters. The van der Waals surface area contributed by atoms with Crippen LogP contribution in [0.3, 0.4) is 0 Å². The molecule has 5 nitrogen and oxygen atoms in total. The zero-order valence-electron chi connectivity index (χ0n) is 13.2. The summed E-state index contributed by atoms with van der Waals surface area (Å²) < 4.78 is 26.3. The van der Waals surface area contributed by atoms with Crippen LogP contribution >= 0.6 is 11.6 Å². The summed E-state index contributed by atoms with van der Waals surface area (Å²) in [6, 6.07) is 14.2. The maximum atomic E-state index is 12.2. The quantitative estimate of drug-likeness (QED) is 0.571. The van der Waals surface area contributed by atoms with Gasteiger partial charge in [0, 0.05) is 23.5 Å². The van der Waals surface area contributed by atoms with Crippen LogP contribution in [0.25, 0.3) is 10.9 Å². The van der Waals surface area contributed by atoms with Crippen LogP contribution in [0.1, 0.15) is 11.1 Å². The molecule has 2 aromatic carbocycles. The largest absolute Gasteiger partial charge is 0.334 e. The van der Waals surface area contributed by atoms with Crippen LogP contribution < -0.4 is 4.83 Å². The Balaban J connectivity index is 1.90. The molecule has 1 N–H and O–H groups in total. The van der Waals surface area contributed by atoms with Gasteiger partial charge in [-0.3, -0.25) is 0 Å². The van der Waals surface area contributed by atoms with Crippen molar-refractivity contribution >= 4 is 38.7 Å². The number of aromatic nitrogens is 1. The van der Waals surface area contributed by atoms with Gasteiger partial charge in [-0.05, 0) is 25.1 Å². The third-order valence-corrected chi connectivity index (χ3v) is 5.47. The SMILES string of the molecule is Cc1ccc(S(=O)(=O)NN=Cc2c(Cl)n(C)c3ccccc23)cc1. The predicted octanol–water partition coefficient (Wildman–Crippen LogP) is 3.45. The van der Waals surface area contributed by atoms with Gasteiger partial charge < -0.3 is 4.57 Å². The van der Waals surface area contributed by atoms with Crippen LogP contribution in [0, 0.1) is 6.92 Å². The maximum Gasteiger partial charge on any atom is 0.276 e. The molecule has 0 bridgehead atoms. The van der Waals surface area contributed by atoms with Crippen molar-refractivity contribution in [3.63, 3.8) is 0 Å². The van der Waals surface area contributed by atoms with Gasteiger partial charge in [0.2, 0.25) is 0 Å². The van der Waals surface area contributed by atoms with E-state index >= 15 is 0 Å². The summed E-state index contributed by atoms with van der Waals surface area (Å²) in [7, 11) is -1.86. The number of hydrogen-bond acceptors (Lipinski definition) is 3. The van der Waals surface area contributed by atoms with Crippen LogP contribution in [0.4, 0.5) is 0 Å². The van der Waals surface area contributed by atoms with E-state index in [1.165, 1.54) is 18.3 Å². The van der Waals surface area contributed by atoms with Gasteiger partial charge in [-0.25, -0.2) is 4.83 Å². The molecule has 0 spiro atoms. The summed E-state index contributed by atoms with van der Waals surface area (Å²) in [5, 5.41) is 5.28. The standard InChI is InChI=1S/C17H16ClN3O2S/c1-12-7-9-13(10-8-12)24(22,23)20-19-11-15-14-5-3-4-6-16(14)21(2)17(15)18/h3-11,20H,1-2H3. The lowest BCUT2D eigenvalue weighted by molar-refractivity contribution is 0.584. The van der Waals surface area contributed by atoms with Gasteiger partial charge in [0.25, 0.3) is 10.0 Å². The molecule has 0 radical (unpaired) electrons.